The zero-order valence-corrected chi connectivity index (χ0v) is 18.9. The summed E-state index contributed by atoms with van der Waals surface area (Å²) in [5.41, 5.74) is 0.0291. The number of carbonyl (C=O) groups is 1. The quantitative estimate of drug-likeness (QED) is 0.718. The first-order valence-electron chi connectivity index (χ1n) is 12.4. The van der Waals surface area contributed by atoms with Crippen LogP contribution in [0.25, 0.3) is 0 Å². The van der Waals surface area contributed by atoms with E-state index in [1.54, 1.807) is 0 Å². The van der Waals surface area contributed by atoms with E-state index in [9.17, 15) is 4.79 Å². The molecule has 3 aliphatic heterocycles. The fraction of sp³-hybridized carbons (Fsp3) is 0.958. The van der Waals surface area contributed by atoms with Crippen LogP contribution in [0.1, 0.15) is 71.6 Å². The monoisotopic (exact) mass is 405 g/mol. The minimum Gasteiger partial charge on any atom is -0.375 e. The molecule has 4 rings (SSSR count). The maximum Gasteiger partial charge on any atom is 0.225 e. The third kappa shape index (κ3) is 5.34. The normalized spacial score (nSPS) is 30.2. The number of amides is 1. The van der Waals surface area contributed by atoms with Crippen molar-refractivity contribution in [1.29, 1.82) is 0 Å². The molecule has 4 fully saturated rings. The molecule has 166 valence electrons. The Morgan fingerprint density at radius 2 is 1.66 bits per heavy atom. The van der Waals surface area contributed by atoms with Crippen LogP contribution in [0.5, 0.6) is 0 Å². The second-order valence-corrected chi connectivity index (χ2v) is 10.6. The highest BCUT2D eigenvalue weighted by Crippen LogP contribution is 2.38. The molecule has 29 heavy (non-hydrogen) atoms. The number of carbonyl (C=O) groups excluding carboxylic acids is 1. The molecular weight excluding hydrogens is 362 g/mol. The van der Waals surface area contributed by atoms with E-state index in [0.29, 0.717) is 17.9 Å². The predicted molar refractivity (Wildman–Crippen MR) is 117 cm³/mol. The van der Waals surface area contributed by atoms with Gasteiger partial charge in [-0.05, 0) is 44.4 Å². The summed E-state index contributed by atoms with van der Waals surface area (Å²) < 4.78 is 6.40. The molecule has 0 radical (unpaired) electrons. The van der Waals surface area contributed by atoms with Gasteiger partial charge in [-0.15, -0.1) is 0 Å². The maximum absolute atomic E-state index is 12.9. The van der Waals surface area contributed by atoms with Crippen molar-refractivity contribution in [2.24, 2.45) is 11.8 Å². The van der Waals surface area contributed by atoms with Crippen molar-refractivity contribution in [3.63, 3.8) is 0 Å². The summed E-state index contributed by atoms with van der Waals surface area (Å²) >= 11 is 0. The SMILES string of the molecule is CC(C)CN1CCN(C2CCOC3(CCN(C(=O)C4CCCCC4)CC3)C2)CC1. The van der Waals surface area contributed by atoms with Gasteiger partial charge in [-0.1, -0.05) is 33.1 Å². The van der Waals surface area contributed by atoms with E-state index in [-0.39, 0.29) is 5.60 Å². The van der Waals surface area contributed by atoms with Crippen LogP contribution in [0.3, 0.4) is 0 Å². The average molecular weight is 406 g/mol. The molecule has 1 aliphatic carbocycles. The number of likely N-dealkylation sites (tertiary alicyclic amines) is 1. The Morgan fingerprint density at radius 1 is 0.966 bits per heavy atom. The van der Waals surface area contributed by atoms with Crippen LogP contribution in [-0.4, -0.2) is 84.7 Å². The van der Waals surface area contributed by atoms with Crippen LogP contribution in [0.15, 0.2) is 0 Å². The molecule has 3 heterocycles. The van der Waals surface area contributed by atoms with Crippen LogP contribution in [-0.2, 0) is 9.53 Å². The minimum absolute atomic E-state index is 0.0291. The van der Waals surface area contributed by atoms with E-state index >= 15 is 0 Å². The zero-order chi connectivity index (χ0) is 20.3. The highest BCUT2D eigenvalue weighted by Gasteiger charge is 2.43. The standard InChI is InChI=1S/C24H43N3O2/c1-20(2)19-25-13-15-26(16-14-25)22-8-17-29-24(18-22)9-11-27(12-10-24)23(28)21-6-4-3-5-7-21/h20-22H,3-19H2,1-2H3. The number of piperazine rings is 1. The molecule has 1 saturated carbocycles. The van der Waals surface area contributed by atoms with Gasteiger partial charge in [0.1, 0.15) is 0 Å². The Kier molecular flexibility index (Phi) is 7.18. The molecule has 0 aromatic heterocycles. The van der Waals surface area contributed by atoms with Crippen LogP contribution in [0.2, 0.25) is 0 Å². The molecule has 1 atom stereocenters. The summed E-state index contributed by atoms with van der Waals surface area (Å²) in [7, 11) is 0. The number of hydrogen-bond donors (Lipinski definition) is 0. The van der Waals surface area contributed by atoms with E-state index < -0.39 is 0 Å². The van der Waals surface area contributed by atoms with Crippen LogP contribution in [0, 0.1) is 11.8 Å². The van der Waals surface area contributed by atoms with Crippen molar-refractivity contribution in [3.8, 4) is 0 Å². The van der Waals surface area contributed by atoms with Crippen LogP contribution >= 0.6 is 0 Å². The molecule has 5 nitrogen and oxygen atoms in total. The van der Waals surface area contributed by atoms with Gasteiger partial charge in [0, 0.05) is 64.4 Å². The molecular formula is C24H43N3O2. The first kappa shape index (κ1) is 21.6. The number of nitrogens with zero attached hydrogens (tertiary/aromatic N) is 3. The first-order valence-corrected chi connectivity index (χ1v) is 12.4. The Morgan fingerprint density at radius 3 is 2.31 bits per heavy atom. The van der Waals surface area contributed by atoms with Gasteiger partial charge in [0.25, 0.3) is 0 Å². The molecule has 1 unspecified atom stereocenters. The van der Waals surface area contributed by atoms with Gasteiger partial charge in [-0.25, -0.2) is 0 Å². The summed E-state index contributed by atoms with van der Waals surface area (Å²) in [6, 6.07) is 0.672. The molecule has 0 N–H and O–H groups in total. The van der Waals surface area contributed by atoms with Crippen molar-refractivity contribution >= 4 is 5.91 Å². The highest BCUT2D eigenvalue weighted by molar-refractivity contribution is 5.79. The molecule has 5 heteroatoms. The van der Waals surface area contributed by atoms with Gasteiger partial charge in [0.05, 0.1) is 5.60 Å². The third-order valence-corrected chi connectivity index (χ3v) is 7.95. The second-order valence-electron chi connectivity index (χ2n) is 10.6. The topological polar surface area (TPSA) is 36.0 Å². The number of hydrogen-bond acceptors (Lipinski definition) is 4. The van der Waals surface area contributed by atoms with Gasteiger partial charge in [0.15, 0.2) is 0 Å². The fourth-order valence-electron chi connectivity index (χ4n) is 6.23. The predicted octanol–water partition coefficient (Wildman–Crippen LogP) is 3.38. The Labute approximate surface area is 178 Å². The van der Waals surface area contributed by atoms with Gasteiger partial charge in [0.2, 0.25) is 5.91 Å². The number of ether oxygens (including phenoxy) is 1. The van der Waals surface area contributed by atoms with E-state index in [0.717, 1.165) is 51.3 Å². The molecule has 1 amide bonds. The number of rotatable bonds is 4. The lowest BCUT2D eigenvalue weighted by Crippen LogP contribution is -2.58. The van der Waals surface area contributed by atoms with Crippen molar-refractivity contribution in [2.45, 2.75) is 83.3 Å². The summed E-state index contributed by atoms with van der Waals surface area (Å²) in [6.07, 6.45) is 10.4. The van der Waals surface area contributed by atoms with Gasteiger partial charge < -0.3 is 14.5 Å². The van der Waals surface area contributed by atoms with Gasteiger partial charge in [-0.3, -0.25) is 9.69 Å². The Hall–Kier alpha value is -0.650. The lowest BCUT2D eigenvalue weighted by molar-refractivity contribution is -0.153. The van der Waals surface area contributed by atoms with E-state index in [4.69, 9.17) is 4.74 Å². The van der Waals surface area contributed by atoms with E-state index in [2.05, 4.69) is 28.5 Å². The molecule has 3 saturated heterocycles. The third-order valence-electron chi connectivity index (χ3n) is 7.95. The molecule has 0 bridgehead atoms. The highest BCUT2D eigenvalue weighted by atomic mass is 16.5. The maximum atomic E-state index is 12.9. The largest absolute Gasteiger partial charge is 0.375 e. The molecule has 1 spiro atoms. The minimum atomic E-state index is 0.0291. The molecule has 0 aromatic carbocycles. The summed E-state index contributed by atoms with van der Waals surface area (Å²) in [5, 5.41) is 0. The summed E-state index contributed by atoms with van der Waals surface area (Å²) in [5.74, 6) is 1.50. The second kappa shape index (κ2) is 9.65. The smallest absolute Gasteiger partial charge is 0.225 e. The molecule has 0 aromatic rings. The summed E-state index contributed by atoms with van der Waals surface area (Å²) in [4.78, 5) is 20.4. The van der Waals surface area contributed by atoms with E-state index in [1.807, 2.05) is 0 Å². The van der Waals surface area contributed by atoms with Crippen LogP contribution in [0.4, 0.5) is 0 Å². The fourth-order valence-corrected chi connectivity index (χ4v) is 6.23. The average Bonchev–Trinajstić information content (AvgIpc) is 2.75. The lowest BCUT2D eigenvalue weighted by Gasteiger charge is -2.50. The van der Waals surface area contributed by atoms with Crippen molar-refractivity contribution in [3.05, 3.63) is 0 Å². The first-order chi connectivity index (χ1) is 14.0. The number of piperidine rings is 1. The van der Waals surface area contributed by atoms with Gasteiger partial charge in [-0.2, -0.15) is 0 Å². The van der Waals surface area contributed by atoms with E-state index in [1.165, 1.54) is 64.8 Å². The van der Waals surface area contributed by atoms with Crippen molar-refractivity contribution < 1.29 is 9.53 Å². The van der Waals surface area contributed by atoms with Gasteiger partial charge >= 0.3 is 0 Å². The Balaban J connectivity index is 1.26. The molecule has 4 aliphatic rings. The Bertz CT molecular complexity index is 530. The summed E-state index contributed by atoms with van der Waals surface area (Å²) in [6.45, 7) is 13.4. The lowest BCUT2D eigenvalue weighted by atomic mass is 9.81. The zero-order valence-electron chi connectivity index (χ0n) is 18.9. The van der Waals surface area contributed by atoms with Crippen molar-refractivity contribution in [1.82, 2.24) is 14.7 Å². The van der Waals surface area contributed by atoms with Crippen molar-refractivity contribution in [2.75, 3.05) is 52.4 Å². The van der Waals surface area contributed by atoms with Crippen LogP contribution < -0.4 is 0 Å².